The molecule has 1 N–H and O–H groups in total. The lowest BCUT2D eigenvalue weighted by Crippen LogP contribution is -2.34. The molecule has 0 radical (unpaired) electrons. The number of nitrogens with one attached hydrogen (secondary N) is 1. The number of nitrogens with zero attached hydrogens (tertiary/aromatic N) is 2. The lowest BCUT2D eigenvalue weighted by atomic mass is 9.86. The van der Waals surface area contributed by atoms with Gasteiger partial charge in [-0.25, -0.2) is 13.4 Å². The average molecular weight is 297 g/mol. The molecule has 1 saturated carbocycles. The fraction of sp³-hybridized carbons (Fsp3) is 0.643. The van der Waals surface area contributed by atoms with Crippen molar-refractivity contribution >= 4 is 10.0 Å². The van der Waals surface area contributed by atoms with Crippen LogP contribution in [0.25, 0.3) is 0 Å². The molecule has 1 aliphatic rings. The Morgan fingerprint density at radius 3 is 2.65 bits per heavy atom. The average Bonchev–Trinajstić information content (AvgIpc) is 2.40. The van der Waals surface area contributed by atoms with Crippen LogP contribution in [0.4, 0.5) is 0 Å². The van der Waals surface area contributed by atoms with Crippen molar-refractivity contribution in [3.63, 3.8) is 0 Å². The minimum atomic E-state index is -3.45. The van der Waals surface area contributed by atoms with Crippen LogP contribution in [-0.2, 0) is 16.6 Å². The molecule has 0 saturated heterocycles. The molecular formula is C14H23N3O2S. The second-order valence-corrected chi connectivity index (χ2v) is 7.36. The van der Waals surface area contributed by atoms with Crippen molar-refractivity contribution in [3.8, 4) is 0 Å². The molecule has 1 aliphatic carbocycles. The summed E-state index contributed by atoms with van der Waals surface area (Å²) in [5.74, 6) is 0.516. The molecular weight excluding hydrogens is 274 g/mol. The monoisotopic (exact) mass is 297 g/mol. The number of hydrogen-bond acceptors (Lipinski definition) is 4. The molecule has 0 bridgehead atoms. The Kier molecular flexibility index (Phi) is 5.12. The normalized spacial score (nSPS) is 16.4. The summed E-state index contributed by atoms with van der Waals surface area (Å²) in [7, 11) is -1.80. The molecule has 0 aliphatic heterocycles. The first-order valence-corrected chi connectivity index (χ1v) is 8.60. The van der Waals surface area contributed by atoms with Crippen molar-refractivity contribution in [3.05, 3.63) is 23.9 Å². The van der Waals surface area contributed by atoms with Crippen LogP contribution in [-0.4, -0.2) is 37.8 Å². The van der Waals surface area contributed by atoms with Crippen molar-refractivity contribution in [2.45, 2.75) is 37.8 Å². The van der Waals surface area contributed by atoms with Gasteiger partial charge in [0, 0.05) is 26.3 Å². The van der Waals surface area contributed by atoms with E-state index in [9.17, 15) is 8.42 Å². The third-order valence-electron chi connectivity index (χ3n) is 3.79. The highest BCUT2D eigenvalue weighted by Gasteiger charge is 2.27. The van der Waals surface area contributed by atoms with Crippen LogP contribution in [0.15, 0.2) is 23.4 Å². The van der Waals surface area contributed by atoms with Crippen molar-refractivity contribution in [1.29, 1.82) is 0 Å². The van der Waals surface area contributed by atoms with E-state index in [2.05, 4.69) is 10.3 Å². The van der Waals surface area contributed by atoms with Gasteiger partial charge in [0.1, 0.15) is 0 Å². The Bertz CT molecular complexity index is 524. The van der Waals surface area contributed by atoms with E-state index in [-0.39, 0.29) is 5.03 Å². The van der Waals surface area contributed by atoms with Gasteiger partial charge in [0.05, 0.1) is 0 Å². The van der Waals surface area contributed by atoms with Crippen LogP contribution in [0.5, 0.6) is 0 Å². The summed E-state index contributed by atoms with van der Waals surface area (Å²) in [6.45, 7) is 4.22. The second-order valence-electron chi connectivity index (χ2n) is 5.37. The second kappa shape index (κ2) is 6.65. The number of aromatic nitrogens is 1. The summed E-state index contributed by atoms with van der Waals surface area (Å²) in [6.07, 6.45) is 5.12. The third kappa shape index (κ3) is 3.56. The predicted octanol–water partition coefficient (Wildman–Crippen LogP) is 1.61. The maximum absolute atomic E-state index is 12.4. The molecule has 0 amide bonds. The van der Waals surface area contributed by atoms with Crippen LogP contribution < -0.4 is 5.32 Å². The van der Waals surface area contributed by atoms with Gasteiger partial charge in [-0.3, -0.25) is 0 Å². The first kappa shape index (κ1) is 15.4. The van der Waals surface area contributed by atoms with Crippen LogP contribution >= 0.6 is 0 Å². The van der Waals surface area contributed by atoms with E-state index in [4.69, 9.17) is 0 Å². The molecule has 0 unspecified atom stereocenters. The molecule has 20 heavy (non-hydrogen) atoms. The van der Waals surface area contributed by atoms with Crippen LogP contribution in [0, 0.1) is 5.92 Å². The standard InChI is InChI=1S/C14H23N3O2S/c1-3-15-9-13-7-8-14(16-10-13)20(18,19)17(2)11-12-5-4-6-12/h7-8,10,12,15H,3-6,9,11H2,1-2H3. The minimum absolute atomic E-state index is 0.138. The first-order chi connectivity index (χ1) is 9.54. The largest absolute Gasteiger partial charge is 0.313 e. The topological polar surface area (TPSA) is 62.3 Å². The summed E-state index contributed by atoms with van der Waals surface area (Å²) in [6, 6.07) is 3.42. The minimum Gasteiger partial charge on any atom is -0.313 e. The van der Waals surface area contributed by atoms with Crippen molar-refractivity contribution < 1.29 is 8.42 Å². The lowest BCUT2D eigenvalue weighted by molar-refractivity contribution is 0.262. The van der Waals surface area contributed by atoms with Gasteiger partial charge in [0.2, 0.25) is 0 Å². The van der Waals surface area contributed by atoms with Crippen LogP contribution in [0.1, 0.15) is 31.7 Å². The number of rotatable bonds is 7. The zero-order valence-electron chi connectivity index (χ0n) is 12.2. The predicted molar refractivity (Wildman–Crippen MR) is 78.8 cm³/mol. The van der Waals surface area contributed by atoms with Gasteiger partial charge >= 0.3 is 0 Å². The van der Waals surface area contributed by atoms with E-state index < -0.39 is 10.0 Å². The third-order valence-corrected chi connectivity index (χ3v) is 5.53. The molecule has 0 spiro atoms. The summed E-state index contributed by atoms with van der Waals surface area (Å²) in [5.41, 5.74) is 0.993. The molecule has 2 rings (SSSR count). The van der Waals surface area contributed by atoms with E-state index in [1.165, 1.54) is 10.7 Å². The highest BCUT2D eigenvalue weighted by atomic mass is 32.2. The van der Waals surface area contributed by atoms with E-state index in [0.29, 0.717) is 19.0 Å². The quantitative estimate of drug-likeness (QED) is 0.830. The summed E-state index contributed by atoms with van der Waals surface area (Å²) < 4.78 is 26.2. The Morgan fingerprint density at radius 1 is 1.40 bits per heavy atom. The number of hydrogen-bond donors (Lipinski definition) is 1. The fourth-order valence-corrected chi connectivity index (χ4v) is 3.39. The maximum atomic E-state index is 12.4. The zero-order chi connectivity index (χ0) is 14.6. The molecule has 1 aromatic heterocycles. The molecule has 0 atom stereocenters. The zero-order valence-corrected chi connectivity index (χ0v) is 13.0. The van der Waals surface area contributed by atoms with Gasteiger partial charge < -0.3 is 5.32 Å². The van der Waals surface area contributed by atoms with E-state index in [0.717, 1.165) is 24.9 Å². The van der Waals surface area contributed by atoms with Crippen molar-refractivity contribution in [1.82, 2.24) is 14.6 Å². The molecule has 5 nitrogen and oxygen atoms in total. The summed E-state index contributed by atoms with van der Waals surface area (Å²) in [5, 5.41) is 3.33. The van der Waals surface area contributed by atoms with Gasteiger partial charge in [-0.05, 0) is 36.9 Å². The highest BCUT2D eigenvalue weighted by Crippen LogP contribution is 2.28. The molecule has 6 heteroatoms. The highest BCUT2D eigenvalue weighted by molar-refractivity contribution is 7.89. The van der Waals surface area contributed by atoms with Crippen molar-refractivity contribution in [2.75, 3.05) is 20.1 Å². The van der Waals surface area contributed by atoms with E-state index in [1.807, 2.05) is 13.0 Å². The van der Waals surface area contributed by atoms with Gasteiger partial charge in [-0.2, -0.15) is 4.31 Å². The Morgan fingerprint density at radius 2 is 2.15 bits per heavy atom. The molecule has 112 valence electrons. The smallest absolute Gasteiger partial charge is 0.260 e. The van der Waals surface area contributed by atoms with Gasteiger partial charge in [-0.15, -0.1) is 0 Å². The first-order valence-electron chi connectivity index (χ1n) is 7.16. The van der Waals surface area contributed by atoms with Crippen LogP contribution in [0.2, 0.25) is 0 Å². The molecule has 1 aromatic rings. The SMILES string of the molecule is CCNCc1ccc(S(=O)(=O)N(C)CC2CCC2)nc1. The molecule has 0 aromatic carbocycles. The molecule has 1 fully saturated rings. The fourth-order valence-electron chi connectivity index (χ4n) is 2.23. The Hall–Kier alpha value is -0.980. The summed E-state index contributed by atoms with van der Waals surface area (Å²) >= 11 is 0. The van der Waals surface area contributed by atoms with Gasteiger partial charge in [0.15, 0.2) is 5.03 Å². The van der Waals surface area contributed by atoms with Crippen molar-refractivity contribution in [2.24, 2.45) is 5.92 Å². The summed E-state index contributed by atoms with van der Waals surface area (Å²) in [4.78, 5) is 4.11. The van der Waals surface area contributed by atoms with Gasteiger partial charge in [0.25, 0.3) is 10.0 Å². The Balaban J connectivity index is 2.04. The number of pyridine rings is 1. The molecule has 1 heterocycles. The Labute approximate surface area is 121 Å². The van der Waals surface area contributed by atoms with Gasteiger partial charge in [-0.1, -0.05) is 19.4 Å². The lowest BCUT2D eigenvalue weighted by Gasteiger charge is -2.29. The van der Waals surface area contributed by atoms with E-state index in [1.54, 1.807) is 19.3 Å². The number of sulfonamides is 1. The maximum Gasteiger partial charge on any atom is 0.260 e. The van der Waals surface area contributed by atoms with Crippen LogP contribution in [0.3, 0.4) is 0 Å². The van der Waals surface area contributed by atoms with E-state index >= 15 is 0 Å².